The number of benzene rings is 2. The van der Waals surface area contributed by atoms with Gasteiger partial charge in [0.1, 0.15) is 17.8 Å². The molecule has 0 aromatic heterocycles. The lowest BCUT2D eigenvalue weighted by Gasteiger charge is -2.40. The lowest BCUT2D eigenvalue weighted by molar-refractivity contribution is -0.134. The van der Waals surface area contributed by atoms with Crippen LogP contribution in [0.15, 0.2) is 54.6 Å². The monoisotopic (exact) mass is 493 g/mol. The number of imide groups is 1. The molecule has 9 nitrogen and oxygen atoms in total. The minimum absolute atomic E-state index is 0.308. The predicted octanol–water partition coefficient (Wildman–Crippen LogP) is 1.96. The van der Waals surface area contributed by atoms with Gasteiger partial charge in [-0.15, -0.1) is 0 Å². The summed E-state index contributed by atoms with van der Waals surface area (Å²) in [5.41, 5.74) is 0.702. The number of nitrogens with zero attached hydrogens (tertiary/aromatic N) is 3. The smallest absolute Gasteiger partial charge is 0.325 e. The van der Waals surface area contributed by atoms with Crippen LogP contribution in [0.4, 0.5) is 4.79 Å². The Labute approximate surface area is 212 Å². The first-order valence-corrected chi connectivity index (χ1v) is 12.3. The van der Waals surface area contributed by atoms with Gasteiger partial charge in [-0.2, -0.15) is 0 Å². The molecule has 0 bridgehead atoms. The van der Waals surface area contributed by atoms with E-state index in [-0.39, 0.29) is 12.5 Å². The number of urea groups is 1. The second-order valence-electron chi connectivity index (χ2n) is 9.60. The normalized spacial score (nSPS) is 23.0. The number of amides is 4. The summed E-state index contributed by atoms with van der Waals surface area (Å²) in [5.74, 6) is -0.145. The molecule has 2 fully saturated rings. The lowest BCUT2D eigenvalue weighted by atomic mass is 9.92. The van der Waals surface area contributed by atoms with Crippen LogP contribution in [-0.2, 0) is 15.1 Å². The molecule has 0 spiro atoms. The molecule has 2 saturated heterocycles. The number of methoxy groups -OCH3 is 1. The van der Waals surface area contributed by atoms with E-state index < -0.39 is 17.5 Å². The summed E-state index contributed by atoms with van der Waals surface area (Å²) in [6.07, 6.45) is 0.780. The second kappa shape index (κ2) is 11.1. The molecular formula is C27H35N5O4. The number of hydrogen-bond acceptors (Lipinski definition) is 6. The van der Waals surface area contributed by atoms with E-state index >= 15 is 0 Å². The van der Waals surface area contributed by atoms with Crippen molar-refractivity contribution in [2.45, 2.75) is 24.9 Å². The quantitative estimate of drug-likeness (QED) is 0.410. The van der Waals surface area contributed by atoms with Gasteiger partial charge in [0.25, 0.3) is 5.91 Å². The van der Waals surface area contributed by atoms with Crippen molar-refractivity contribution in [2.75, 3.05) is 53.4 Å². The van der Waals surface area contributed by atoms with Crippen molar-refractivity contribution >= 4 is 17.8 Å². The molecule has 0 saturated carbocycles. The molecule has 0 radical (unpaired) electrons. The highest BCUT2D eigenvalue weighted by Gasteiger charge is 2.49. The molecule has 192 valence electrons. The Hall–Kier alpha value is -3.43. The number of carbonyl (C=O) groups excluding carboxylic acids is 3. The van der Waals surface area contributed by atoms with E-state index in [1.807, 2.05) is 6.07 Å². The van der Waals surface area contributed by atoms with E-state index in [1.54, 1.807) is 38.3 Å². The van der Waals surface area contributed by atoms with E-state index in [4.69, 9.17) is 4.74 Å². The van der Waals surface area contributed by atoms with Gasteiger partial charge in [-0.3, -0.25) is 19.4 Å². The van der Waals surface area contributed by atoms with Crippen molar-refractivity contribution in [3.8, 4) is 5.75 Å². The Morgan fingerprint density at radius 2 is 1.83 bits per heavy atom. The van der Waals surface area contributed by atoms with Crippen LogP contribution in [0.3, 0.4) is 0 Å². The number of nitrogens with one attached hydrogen (secondary N) is 2. The summed E-state index contributed by atoms with van der Waals surface area (Å²) >= 11 is 0. The number of carbonyl (C=O) groups is 3. The maximum absolute atomic E-state index is 13.1. The van der Waals surface area contributed by atoms with Crippen molar-refractivity contribution in [1.82, 2.24) is 25.3 Å². The fraction of sp³-hybridized carbons (Fsp3) is 0.444. The largest absolute Gasteiger partial charge is 0.497 e. The molecule has 2 aromatic rings. The summed E-state index contributed by atoms with van der Waals surface area (Å²) in [6.45, 7) is 5.61. The maximum atomic E-state index is 13.1. The van der Waals surface area contributed by atoms with Crippen LogP contribution in [0.2, 0.25) is 0 Å². The van der Waals surface area contributed by atoms with Crippen molar-refractivity contribution in [1.29, 1.82) is 0 Å². The Morgan fingerprint density at radius 1 is 1.11 bits per heavy atom. The van der Waals surface area contributed by atoms with Gasteiger partial charge in [-0.1, -0.05) is 42.5 Å². The number of piperazine rings is 1. The van der Waals surface area contributed by atoms with E-state index in [2.05, 4.69) is 51.7 Å². The maximum Gasteiger partial charge on any atom is 0.325 e. The second-order valence-corrected chi connectivity index (χ2v) is 9.60. The molecule has 9 heteroatoms. The van der Waals surface area contributed by atoms with E-state index in [1.165, 1.54) is 5.56 Å². The molecule has 2 aliphatic rings. The SMILES string of the molecule is COc1ccc(C2(C)NC(=O)N(CC(=O)NCCCN3CCN(C)CC3c3ccccc3)C2=O)cc1. The fourth-order valence-corrected chi connectivity index (χ4v) is 4.89. The predicted molar refractivity (Wildman–Crippen MR) is 136 cm³/mol. The van der Waals surface area contributed by atoms with Crippen LogP contribution in [0.1, 0.15) is 30.5 Å². The number of rotatable bonds is 9. The standard InChI is InChI=1S/C27H35N5O4/c1-27(21-10-12-22(36-3)13-11-21)25(34)32(26(35)29-27)19-24(33)28-14-7-15-31-17-16-30(2)18-23(31)20-8-5-4-6-9-20/h4-6,8-13,23H,7,14-19H2,1-3H3,(H,28,33)(H,29,35). The van der Waals surface area contributed by atoms with E-state index in [0.717, 1.165) is 37.5 Å². The molecule has 0 aliphatic carbocycles. The summed E-state index contributed by atoms with van der Waals surface area (Å²) in [5, 5.41) is 5.60. The van der Waals surface area contributed by atoms with Crippen LogP contribution < -0.4 is 15.4 Å². The van der Waals surface area contributed by atoms with Gasteiger partial charge in [0, 0.05) is 38.8 Å². The van der Waals surface area contributed by atoms with Crippen LogP contribution in [0.5, 0.6) is 5.75 Å². The van der Waals surface area contributed by atoms with Gasteiger partial charge < -0.3 is 20.3 Å². The summed E-state index contributed by atoms with van der Waals surface area (Å²) in [4.78, 5) is 44.0. The molecule has 2 N–H and O–H groups in total. The first-order chi connectivity index (χ1) is 17.3. The summed E-state index contributed by atoms with van der Waals surface area (Å²) in [7, 11) is 3.70. The average Bonchev–Trinajstić information content (AvgIpc) is 3.11. The van der Waals surface area contributed by atoms with Gasteiger partial charge in [0.05, 0.1) is 7.11 Å². The zero-order valence-corrected chi connectivity index (χ0v) is 21.2. The van der Waals surface area contributed by atoms with Crippen molar-refractivity contribution in [3.05, 3.63) is 65.7 Å². The number of hydrogen-bond donors (Lipinski definition) is 2. The zero-order chi connectivity index (χ0) is 25.7. The molecule has 2 heterocycles. The highest BCUT2D eigenvalue weighted by Crippen LogP contribution is 2.30. The molecule has 2 atom stereocenters. The van der Waals surface area contributed by atoms with Gasteiger partial charge in [0.15, 0.2) is 0 Å². The average molecular weight is 494 g/mol. The minimum Gasteiger partial charge on any atom is -0.497 e. The lowest BCUT2D eigenvalue weighted by Crippen LogP contribution is -2.47. The molecule has 2 unspecified atom stereocenters. The molecule has 36 heavy (non-hydrogen) atoms. The van der Waals surface area contributed by atoms with Crippen LogP contribution in [-0.4, -0.2) is 86.0 Å². The third kappa shape index (κ3) is 5.52. The third-order valence-electron chi connectivity index (χ3n) is 7.07. The highest BCUT2D eigenvalue weighted by atomic mass is 16.5. The van der Waals surface area contributed by atoms with Gasteiger partial charge in [-0.05, 0) is 43.7 Å². The molecule has 2 aliphatic heterocycles. The van der Waals surface area contributed by atoms with Gasteiger partial charge in [0.2, 0.25) is 5.91 Å². The molecule has 4 rings (SSSR count). The van der Waals surface area contributed by atoms with Crippen molar-refractivity contribution in [3.63, 3.8) is 0 Å². The first-order valence-electron chi connectivity index (χ1n) is 12.3. The fourth-order valence-electron chi connectivity index (χ4n) is 4.89. The van der Waals surface area contributed by atoms with Gasteiger partial charge in [-0.25, -0.2) is 4.79 Å². The first kappa shape index (κ1) is 25.7. The topological polar surface area (TPSA) is 94.2 Å². The van der Waals surface area contributed by atoms with Crippen LogP contribution in [0.25, 0.3) is 0 Å². The van der Waals surface area contributed by atoms with E-state index in [0.29, 0.717) is 23.9 Å². The Bertz CT molecular complexity index is 1080. The summed E-state index contributed by atoms with van der Waals surface area (Å²) < 4.78 is 5.16. The molecule has 2 aromatic carbocycles. The van der Waals surface area contributed by atoms with Crippen molar-refractivity contribution < 1.29 is 19.1 Å². The number of likely N-dealkylation sites (N-methyl/N-ethyl adjacent to an activating group) is 1. The van der Waals surface area contributed by atoms with Crippen LogP contribution in [0, 0.1) is 0 Å². The molecular weight excluding hydrogens is 458 g/mol. The Morgan fingerprint density at radius 3 is 2.53 bits per heavy atom. The third-order valence-corrected chi connectivity index (χ3v) is 7.07. The van der Waals surface area contributed by atoms with Crippen LogP contribution >= 0.6 is 0 Å². The zero-order valence-electron chi connectivity index (χ0n) is 21.2. The summed E-state index contributed by atoms with van der Waals surface area (Å²) in [6, 6.07) is 17.2. The Balaban J connectivity index is 1.27. The highest BCUT2D eigenvalue weighted by molar-refractivity contribution is 6.09. The number of ether oxygens (including phenoxy) is 1. The van der Waals surface area contributed by atoms with Crippen molar-refractivity contribution in [2.24, 2.45) is 0 Å². The van der Waals surface area contributed by atoms with E-state index in [9.17, 15) is 14.4 Å². The van der Waals surface area contributed by atoms with Gasteiger partial charge >= 0.3 is 6.03 Å². The Kier molecular flexibility index (Phi) is 7.91. The molecule has 4 amide bonds. The minimum atomic E-state index is -1.22.